The molecule has 0 N–H and O–H groups in total. The lowest BCUT2D eigenvalue weighted by atomic mass is 10.1. The third-order valence-electron chi connectivity index (χ3n) is 4.90. The predicted molar refractivity (Wildman–Crippen MR) is 100 cm³/mol. The summed E-state index contributed by atoms with van der Waals surface area (Å²) in [5.41, 5.74) is 5.43. The Morgan fingerprint density at radius 2 is 1.67 bits per heavy atom. The normalized spacial score (nSPS) is 14.8. The van der Waals surface area contributed by atoms with Gasteiger partial charge in [-0.2, -0.15) is 0 Å². The van der Waals surface area contributed by atoms with E-state index in [1.165, 1.54) is 11.3 Å². The minimum Gasteiger partial charge on any atom is -0.368 e. The molecule has 1 fully saturated rings. The smallest absolute Gasteiger partial charge is 0.253 e. The van der Waals surface area contributed by atoms with Crippen LogP contribution in [0.5, 0.6) is 0 Å². The molecule has 1 heterocycles. The Kier molecular flexibility index (Phi) is 4.81. The summed E-state index contributed by atoms with van der Waals surface area (Å²) in [6, 6.07) is 11.9. The molecule has 0 bridgehead atoms. The summed E-state index contributed by atoms with van der Waals surface area (Å²) >= 11 is 6.23. The number of halogens is 1. The van der Waals surface area contributed by atoms with Crippen LogP contribution in [0.2, 0.25) is 5.02 Å². The van der Waals surface area contributed by atoms with Crippen LogP contribution in [0, 0.1) is 20.8 Å². The molecule has 0 radical (unpaired) electrons. The van der Waals surface area contributed by atoms with Crippen molar-refractivity contribution in [1.29, 1.82) is 0 Å². The van der Waals surface area contributed by atoms with Gasteiger partial charge in [0, 0.05) is 42.5 Å². The molecular formula is C20H23ClN2O. The fraction of sp³-hybridized carbons (Fsp3) is 0.350. The molecule has 3 nitrogen and oxygen atoms in total. The van der Waals surface area contributed by atoms with Crippen LogP contribution in [-0.2, 0) is 0 Å². The highest BCUT2D eigenvalue weighted by molar-refractivity contribution is 6.31. The lowest BCUT2D eigenvalue weighted by Gasteiger charge is -2.37. The topological polar surface area (TPSA) is 23.6 Å². The van der Waals surface area contributed by atoms with Gasteiger partial charge in [0.1, 0.15) is 0 Å². The zero-order chi connectivity index (χ0) is 17.3. The molecule has 0 aromatic heterocycles. The van der Waals surface area contributed by atoms with Crippen LogP contribution in [0.1, 0.15) is 27.0 Å². The van der Waals surface area contributed by atoms with Crippen molar-refractivity contribution in [3.8, 4) is 0 Å². The molecular weight excluding hydrogens is 320 g/mol. The second kappa shape index (κ2) is 6.86. The second-order valence-electron chi connectivity index (χ2n) is 6.46. The van der Waals surface area contributed by atoms with E-state index < -0.39 is 0 Å². The number of piperazine rings is 1. The Labute approximate surface area is 148 Å². The summed E-state index contributed by atoms with van der Waals surface area (Å²) in [6.07, 6.45) is 0. The van der Waals surface area contributed by atoms with E-state index >= 15 is 0 Å². The Bertz CT molecular complexity index is 764. The number of rotatable bonds is 2. The van der Waals surface area contributed by atoms with E-state index in [1.54, 1.807) is 0 Å². The van der Waals surface area contributed by atoms with Crippen LogP contribution in [0.15, 0.2) is 36.4 Å². The fourth-order valence-electron chi connectivity index (χ4n) is 3.15. The molecule has 4 heteroatoms. The molecule has 3 rings (SSSR count). The average Bonchev–Trinajstić information content (AvgIpc) is 2.59. The molecule has 1 aliphatic rings. The number of anilines is 1. The molecule has 1 aliphatic heterocycles. The zero-order valence-electron chi connectivity index (χ0n) is 14.5. The molecule has 0 aliphatic carbocycles. The van der Waals surface area contributed by atoms with E-state index in [1.807, 2.05) is 49.1 Å². The Hall–Kier alpha value is -2.00. The van der Waals surface area contributed by atoms with Gasteiger partial charge in [-0.05, 0) is 61.7 Å². The van der Waals surface area contributed by atoms with Gasteiger partial charge >= 0.3 is 0 Å². The number of benzene rings is 2. The van der Waals surface area contributed by atoms with Crippen molar-refractivity contribution in [3.05, 3.63) is 63.7 Å². The van der Waals surface area contributed by atoms with Crippen LogP contribution in [-0.4, -0.2) is 37.0 Å². The zero-order valence-corrected chi connectivity index (χ0v) is 15.2. The van der Waals surface area contributed by atoms with Crippen molar-refractivity contribution in [1.82, 2.24) is 4.90 Å². The SMILES string of the molecule is Cc1ccc(C(=O)N2CCN(c3cccc(Cl)c3C)CC2)cc1C. The monoisotopic (exact) mass is 342 g/mol. The van der Waals surface area contributed by atoms with Crippen LogP contribution >= 0.6 is 11.6 Å². The molecule has 1 saturated heterocycles. The first kappa shape index (κ1) is 16.8. The molecule has 0 unspecified atom stereocenters. The first-order chi connectivity index (χ1) is 11.5. The van der Waals surface area contributed by atoms with Crippen molar-refractivity contribution < 1.29 is 4.79 Å². The van der Waals surface area contributed by atoms with Crippen molar-refractivity contribution in [3.63, 3.8) is 0 Å². The van der Waals surface area contributed by atoms with E-state index in [4.69, 9.17) is 11.6 Å². The quantitative estimate of drug-likeness (QED) is 0.815. The maximum Gasteiger partial charge on any atom is 0.253 e. The minimum absolute atomic E-state index is 0.126. The Morgan fingerprint density at radius 3 is 2.33 bits per heavy atom. The molecule has 24 heavy (non-hydrogen) atoms. The number of aryl methyl sites for hydroxylation is 2. The fourth-order valence-corrected chi connectivity index (χ4v) is 3.32. The minimum atomic E-state index is 0.126. The van der Waals surface area contributed by atoms with Gasteiger partial charge < -0.3 is 9.80 Å². The van der Waals surface area contributed by atoms with Crippen molar-refractivity contribution in [2.45, 2.75) is 20.8 Å². The number of nitrogens with zero attached hydrogens (tertiary/aromatic N) is 2. The average molecular weight is 343 g/mol. The summed E-state index contributed by atoms with van der Waals surface area (Å²) in [5, 5.41) is 0.793. The van der Waals surface area contributed by atoms with Gasteiger partial charge in [-0.3, -0.25) is 4.79 Å². The molecule has 0 atom stereocenters. The van der Waals surface area contributed by atoms with Crippen molar-refractivity contribution in [2.24, 2.45) is 0 Å². The van der Waals surface area contributed by atoms with E-state index in [0.717, 1.165) is 47.9 Å². The summed E-state index contributed by atoms with van der Waals surface area (Å²) in [6.45, 7) is 9.29. The van der Waals surface area contributed by atoms with Crippen LogP contribution in [0.4, 0.5) is 5.69 Å². The van der Waals surface area contributed by atoms with Crippen molar-refractivity contribution in [2.75, 3.05) is 31.1 Å². The third-order valence-corrected chi connectivity index (χ3v) is 5.31. The number of hydrogen-bond donors (Lipinski definition) is 0. The first-order valence-corrected chi connectivity index (χ1v) is 8.72. The van der Waals surface area contributed by atoms with E-state index in [0.29, 0.717) is 0 Å². The molecule has 0 saturated carbocycles. The van der Waals surface area contributed by atoms with E-state index in [2.05, 4.69) is 17.9 Å². The van der Waals surface area contributed by atoms with Crippen molar-refractivity contribution >= 4 is 23.2 Å². The first-order valence-electron chi connectivity index (χ1n) is 8.34. The van der Waals surface area contributed by atoms with Crippen LogP contribution in [0.25, 0.3) is 0 Å². The lowest BCUT2D eigenvalue weighted by Crippen LogP contribution is -2.49. The van der Waals surface area contributed by atoms with Gasteiger partial charge in [0.2, 0.25) is 0 Å². The summed E-state index contributed by atoms with van der Waals surface area (Å²) in [4.78, 5) is 17.0. The van der Waals surface area contributed by atoms with Gasteiger partial charge in [0.25, 0.3) is 5.91 Å². The molecule has 2 aromatic rings. The van der Waals surface area contributed by atoms with Gasteiger partial charge in [-0.1, -0.05) is 23.7 Å². The number of carbonyl (C=O) groups is 1. The lowest BCUT2D eigenvalue weighted by molar-refractivity contribution is 0.0746. The highest BCUT2D eigenvalue weighted by atomic mass is 35.5. The summed E-state index contributed by atoms with van der Waals surface area (Å²) < 4.78 is 0. The Morgan fingerprint density at radius 1 is 0.958 bits per heavy atom. The third kappa shape index (κ3) is 3.27. The molecule has 2 aromatic carbocycles. The predicted octanol–water partition coefficient (Wildman–Crippen LogP) is 4.23. The van der Waals surface area contributed by atoms with E-state index in [9.17, 15) is 4.79 Å². The summed E-state index contributed by atoms with van der Waals surface area (Å²) in [5.74, 6) is 0.126. The maximum absolute atomic E-state index is 12.7. The molecule has 0 spiro atoms. The van der Waals surface area contributed by atoms with Gasteiger partial charge in [-0.15, -0.1) is 0 Å². The number of hydrogen-bond acceptors (Lipinski definition) is 2. The van der Waals surface area contributed by atoms with Gasteiger partial charge in [-0.25, -0.2) is 0 Å². The Balaban J connectivity index is 1.69. The highest BCUT2D eigenvalue weighted by Gasteiger charge is 2.23. The largest absolute Gasteiger partial charge is 0.368 e. The van der Waals surface area contributed by atoms with Gasteiger partial charge in [0.05, 0.1) is 0 Å². The highest BCUT2D eigenvalue weighted by Crippen LogP contribution is 2.27. The van der Waals surface area contributed by atoms with Gasteiger partial charge in [0.15, 0.2) is 0 Å². The number of amides is 1. The molecule has 126 valence electrons. The summed E-state index contributed by atoms with van der Waals surface area (Å²) in [7, 11) is 0. The maximum atomic E-state index is 12.7. The van der Waals surface area contributed by atoms with Crippen LogP contribution < -0.4 is 4.90 Å². The second-order valence-corrected chi connectivity index (χ2v) is 6.87. The molecule has 1 amide bonds. The number of carbonyl (C=O) groups excluding carboxylic acids is 1. The van der Waals surface area contributed by atoms with E-state index in [-0.39, 0.29) is 5.91 Å². The standard InChI is InChI=1S/C20H23ClN2O/c1-14-7-8-17(13-15(14)2)20(24)23-11-9-22(10-12-23)19-6-4-5-18(21)16(19)3/h4-8,13H,9-12H2,1-3H3. The van der Waals surface area contributed by atoms with Crippen LogP contribution in [0.3, 0.4) is 0 Å².